The van der Waals surface area contributed by atoms with Crippen molar-refractivity contribution in [3.63, 3.8) is 0 Å². The van der Waals surface area contributed by atoms with Crippen molar-refractivity contribution in [1.82, 2.24) is 4.90 Å². The van der Waals surface area contributed by atoms with Crippen LogP contribution in [-0.4, -0.2) is 28.8 Å². The summed E-state index contributed by atoms with van der Waals surface area (Å²) in [6.45, 7) is 0.515. The van der Waals surface area contributed by atoms with E-state index in [0.717, 1.165) is 16.9 Å². The van der Waals surface area contributed by atoms with Gasteiger partial charge in [0, 0.05) is 18.2 Å². The van der Waals surface area contributed by atoms with Crippen LogP contribution in [0.25, 0.3) is 17.4 Å². The molecule has 1 saturated heterocycles. The first-order valence-corrected chi connectivity index (χ1v) is 11.4. The highest BCUT2D eigenvalue weighted by atomic mass is 35.5. The molecule has 1 aromatic heterocycles. The van der Waals surface area contributed by atoms with Crippen LogP contribution in [-0.2, 0) is 11.2 Å². The molecular weight excluding hydrogens is 473 g/mol. The largest absolute Gasteiger partial charge is 0.497 e. The summed E-state index contributed by atoms with van der Waals surface area (Å²) in [5.41, 5.74) is 1.91. The van der Waals surface area contributed by atoms with Gasteiger partial charge in [0.1, 0.15) is 21.6 Å². The van der Waals surface area contributed by atoms with E-state index in [4.69, 9.17) is 44.6 Å². The Kier molecular flexibility index (Phi) is 6.72. The van der Waals surface area contributed by atoms with Crippen LogP contribution in [0.1, 0.15) is 11.3 Å². The predicted octanol–water partition coefficient (Wildman–Crippen LogP) is 6.71. The van der Waals surface area contributed by atoms with Gasteiger partial charge in [0.15, 0.2) is 0 Å². The number of carbonyl (C=O) groups excluding carboxylic acids is 1. The number of ether oxygens (including phenoxy) is 1. The predicted molar refractivity (Wildman–Crippen MR) is 131 cm³/mol. The Morgan fingerprint density at radius 2 is 1.87 bits per heavy atom. The van der Waals surface area contributed by atoms with E-state index in [0.29, 0.717) is 43.8 Å². The SMILES string of the molecule is COc1ccc(CCN2C(=O)C(=Cc3ccc(-c4ccc(Cl)c(Cl)c4)o3)SC2=S)cc1. The molecule has 1 fully saturated rings. The van der Waals surface area contributed by atoms with Crippen molar-refractivity contribution in [2.75, 3.05) is 13.7 Å². The maximum absolute atomic E-state index is 12.9. The monoisotopic (exact) mass is 489 g/mol. The summed E-state index contributed by atoms with van der Waals surface area (Å²) in [6, 6.07) is 16.7. The lowest BCUT2D eigenvalue weighted by molar-refractivity contribution is -0.122. The van der Waals surface area contributed by atoms with Crippen molar-refractivity contribution in [1.29, 1.82) is 0 Å². The number of methoxy groups -OCH3 is 1. The lowest BCUT2D eigenvalue weighted by Gasteiger charge is -2.14. The molecule has 0 radical (unpaired) electrons. The number of thiocarbonyl (C=S) groups is 1. The van der Waals surface area contributed by atoms with Crippen LogP contribution in [0.2, 0.25) is 10.0 Å². The van der Waals surface area contributed by atoms with E-state index in [1.165, 1.54) is 11.8 Å². The molecule has 1 amide bonds. The second kappa shape index (κ2) is 9.49. The molecule has 0 spiro atoms. The van der Waals surface area contributed by atoms with Gasteiger partial charge in [-0.2, -0.15) is 0 Å². The van der Waals surface area contributed by atoms with E-state index in [1.54, 1.807) is 30.2 Å². The van der Waals surface area contributed by atoms with Gasteiger partial charge in [-0.25, -0.2) is 0 Å². The summed E-state index contributed by atoms with van der Waals surface area (Å²) < 4.78 is 11.6. The van der Waals surface area contributed by atoms with E-state index in [1.807, 2.05) is 42.5 Å². The molecule has 3 aromatic rings. The summed E-state index contributed by atoms with van der Waals surface area (Å²) >= 11 is 18.8. The molecule has 158 valence electrons. The molecule has 1 aliphatic heterocycles. The van der Waals surface area contributed by atoms with E-state index in [9.17, 15) is 4.79 Å². The van der Waals surface area contributed by atoms with Crippen LogP contribution in [0.15, 0.2) is 63.9 Å². The van der Waals surface area contributed by atoms with Crippen molar-refractivity contribution >= 4 is 63.5 Å². The Balaban J connectivity index is 1.45. The lowest BCUT2D eigenvalue weighted by atomic mass is 10.1. The van der Waals surface area contributed by atoms with Gasteiger partial charge < -0.3 is 9.15 Å². The standard InChI is InChI=1S/C23H17Cl2NO3S2/c1-28-16-5-2-14(3-6-16)10-11-26-22(27)21(31-23(26)30)13-17-7-9-20(29-17)15-4-8-18(24)19(25)12-15/h2-9,12-13H,10-11H2,1H3. The van der Waals surface area contributed by atoms with Gasteiger partial charge in [0.25, 0.3) is 5.91 Å². The smallest absolute Gasteiger partial charge is 0.266 e. The second-order valence-electron chi connectivity index (χ2n) is 6.76. The molecule has 0 bridgehead atoms. The Hall–Kier alpha value is -2.25. The van der Waals surface area contributed by atoms with Crippen LogP contribution in [0.4, 0.5) is 0 Å². The van der Waals surface area contributed by atoms with Crippen molar-refractivity contribution in [3.05, 3.63) is 80.9 Å². The number of hydrogen-bond acceptors (Lipinski definition) is 5. The molecule has 1 aliphatic rings. The fourth-order valence-electron chi connectivity index (χ4n) is 3.09. The molecule has 0 N–H and O–H groups in total. The van der Waals surface area contributed by atoms with Gasteiger partial charge in [-0.3, -0.25) is 9.69 Å². The average Bonchev–Trinajstić information content (AvgIpc) is 3.34. The molecule has 4 nitrogen and oxygen atoms in total. The van der Waals surface area contributed by atoms with Crippen LogP contribution in [0, 0.1) is 0 Å². The van der Waals surface area contributed by atoms with Crippen LogP contribution >= 0.6 is 47.2 Å². The summed E-state index contributed by atoms with van der Waals surface area (Å²) in [5, 5.41) is 0.936. The van der Waals surface area contributed by atoms with E-state index in [2.05, 4.69) is 0 Å². The topological polar surface area (TPSA) is 42.7 Å². The van der Waals surface area contributed by atoms with Gasteiger partial charge in [-0.05, 0) is 54.4 Å². The van der Waals surface area contributed by atoms with Gasteiger partial charge in [0.05, 0.1) is 22.1 Å². The second-order valence-corrected chi connectivity index (χ2v) is 9.25. The number of halogens is 2. The van der Waals surface area contributed by atoms with Crippen molar-refractivity contribution in [2.45, 2.75) is 6.42 Å². The van der Waals surface area contributed by atoms with Crippen LogP contribution < -0.4 is 4.74 Å². The molecule has 31 heavy (non-hydrogen) atoms. The first kappa shape index (κ1) is 22.0. The fourth-order valence-corrected chi connectivity index (χ4v) is 4.68. The maximum Gasteiger partial charge on any atom is 0.266 e. The summed E-state index contributed by atoms with van der Waals surface area (Å²) in [4.78, 5) is 15.0. The zero-order chi connectivity index (χ0) is 22.0. The van der Waals surface area contributed by atoms with Crippen molar-refractivity contribution < 1.29 is 13.9 Å². The summed E-state index contributed by atoms with van der Waals surface area (Å²) in [7, 11) is 1.63. The quantitative estimate of drug-likeness (QED) is 0.284. The molecule has 0 aliphatic carbocycles. The number of hydrogen-bond donors (Lipinski definition) is 0. The first-order chi connectivity index (χ1) is 14.9. The fraction of sp³-hybridized carbons (Fsp3) is 0.130. The molecule has 2 heterocycles. The summed E-state index contributed by atoms with van der Waals surface area (Å²) in [5.74, 6) is 1.89. The van der Waals surface area contributed by atoms with Gasteiger partial charge >= 0.3 is 0 Å². The molecule has 0 atom stereocenters. The molecular formula is C23H17Cl2NO3S2. The minimum Gasteiger partial charge on any atom is -0.497 e. The Labute approximate surface area is 199 Å². The molecule has 0 unspecified atom stereocenters. The number of benzene rings is 2. The molecule has 0 saturated carbocycles. The summed E-state index contributed by atoms with van der Waals surface area (Å²) in [6.07, 6.45) is 2.42. The third kappa shape index (κ3) is 4.99. The van der Waals surface area contributed by atoms with E-state index >= 15 is 0 Å². The minimum atomic E-state index is -0.115. The Morgan fingerprint density at radius 1 is 1.10 bits per heavy atom. The third-order valence-corrected chi connectivity index (χ3v) is 6.88. The minimum absolute atomic E-state index is 0.115. The molecule has 8 heteroatoms. The molecule has 2 aromatic carbocycles. The zero-order valence-electron chi connectivity index (χ0n) is 16.4. The van der Waals surface area contributed by atoms with Gasteiger partial charge in [-0.15, -0.1) is 0 Å². The number of thioether (sulfide) groups is 1. The number of amides is 1. The highest BCUT2D eigenvalue weighted by Gasteiger charge is 2.32. The number of carbonyl (C=O) groups is 1. The van der Waals surface area contributed by atoms with E-state index in [-0.39, 0.29) is 5.91 Å². The highest BCUT2D eigenvalue weighted by Crippen LogP contribution is 2.34. The number of nitrogens with zero attached hydrogens (tertiary/aromatic N) is 1. The average molecular weight is 490 g/mol. The normalized spacial score (nSPS) is 15.2. The zero-order valence-corrected chi connectivity index (χ0v) is 19.6. The maximum atomic E-state index is 12.9. The van der Waals surface area contributed by atoms with E-state index < -0.39 is 0 Å². The van der Waals surface area contributed by atoms with Crippen molar-refractivity contribution in [3.8, 4) is 17.1 Å². The first-order valence-electron chi connectivity index (χ1n) is 9.38. The van der Waals surface area contributed by atoms with Crippen molar-refractivity contribution in [2.24, 2.45) is 0 Å². The molecule has 4 rings (SSSR count). The van der Waals surface area contributed by atoms with Gasteiger partial charge in [0.2, 0.25) is 0 Å². The number of furan rings is 1. The number of rotatable bonds is 6. The highest BCUT2D eigenvalue weighted by molar-refractivity contribution is 8.26. The Morgan fingerprint density at radius 3 is 2.58 bits per heavy atom. The Bertz CT molecular complexity index is 1170. The third-order valence-electron chi connectivity index (χ3n) is 4.76. The van der Waals surface area contributed by atoms with Crippen LogP contribution in [0.5, 0.6) is 5.75 Å². The van der Waals surface area contributed by atoms with Crippen LogP contribution in [0.3, 0.4) is 0 Å². The lowest BCUT2D eigenvalue weighted by Crippen LogP contribution is -2.30. The van der Waals surface area contributed by atoms with Gasteiger partial charge in [-0.1, -0.05) is 59.3 Å².